The standard InChI is InChI=1S/C54H70ClFN12O6S2/c1-35-48(75-34-59-35)37-16-14-36(15-17-37)31-57-51(71)46-30-40(69)33-68(46)52(72)49(54(2,3)4)62-47(70)13-9-10-22-65-25-27-66(28-26-65)39-20-23-67(24-21-39)44-19-18-38(29-42(44)56)60-53-58-32-41(55)50(63-53)61-43-11-7-8-12-45(43)64(5)76(6,73)74/h7-8,11-12,14-19,29,32,34,39-40,46,49,69H,9-10,13,20-28,30-31,33H2,1-6H3,(H,57,71)(H,62,70)(H2,58,60,61,63)/t40-,46-,49?/m1/s1. The van der Waals surface area contributed by atoms with E-state index in [2.05, 4.69) is 50.9 Å². The molecule has 0 saturated carbocycles. The zero-order valence-corrected chi connectivity index (χ0v) is 46.4. The van der Waals surface area contributed by atoms with Crippen molar-refractivity contribution in [3.05, 3.63) is 101 Å². The molecule has 408 valence electrons. The first-order valence-corrected chi connectivity index (χ1v) is 29.0. The zero-order valence-electron chi connectivity index (χ0n) is 44.1. The number of nitrogens with one attached hydrogen (secondary N) is 4. The van der Waals surface area contributed by atoms with Gasteiger partial charge in [0.2, 0.25) is 33.7 Å². The third-order valence-electron chi connectivity index (χ3n) is 14.5. The van der Waals surface area contributed by atoms with Crippen LogP contribution < -0.4 is 30.5 Å². The molecule has 22 heteroatoms. The van der Waals surface area contributed by atoms with Crippen LogP contribution in [0.15, 0.2) is 78.4 Å². The van der Waals surface area contributed by atoms with Gasteiger partial charge in [0.1, 0.15) is 22.9 Å². The Balaban J connectivity index is 0.742. The second-order valence-corrected chi connectivity index (χ2v) is 24.3. The number of piperidine rings is 1. The Kier molecular flexibility index (Phi) is 18.2. The van der Waals surface area contributed by atoms with Crippen molar-refractivity contribution in [2.24, 2.45) is 5.41 Å². The van der Waals surface area contributed by atoms with Gasteiger partial charge in [-0.15, -0.1) is 11.3 Å². The van der Waals surface area contributed by atoms with Crippen molar-refractivity contribution in [1.82, 2.24) is 40.3 Å². The fraction of sp³-hybridized carbons (Fsp3) is 0.481. The van der Waals surface area contributed by atoms with E-state index in [0.29, 0.717) is 35.2 Å². The third-order valence-corrected chi connectivity index (χ3v) is 17.0. The number of anilines is 6. The highest BCUT2D eigenvalue weighted by molar-refractivity contribution is 7.92. The minimum atomic E-state index is -3.53. The average molecular weight is 1100 g/mol. The van der Waals surface area contributed by atoms with E-state index in [9.17, 15) is 27.9 Å². The Bertz CT molecular complexity index is 2950. The number of hydrogen-bond acceptors (Lipinski definition) is 15. The van der Waals surface area contributed by atoms with Crippen LogP contribution in [0.4, 0.5) is 38.9 Å². The number of β-amino-alcohol motifs (C(OH)–C–C–N with tert-alkyl or cyclic N) is 1. The molecule has 3 atom stereocenters. The molecule has 0 radical (unpaired) electrons. The highest BCUT2D eigenvalue weighted by Crippen LogP contribution is 2.34. The first-order chi connectivity index (χ1) is 36.2. The van der Waals surface area contributed by atoms with Crippen molar-refractivity contribution >= 4 is 85.2 Å². The summed E-state index contributed by atoms with van der Waals surface area (Å²) in [6, 6.07) is 18.4. The number of sulfonamides is 1. The van der Waals surface area contributed by atoms with Crippen LogP contribution in [-0.4, -0.2) is 151 Å². The lowest BCUT2D eigenvalue weighted by Crippen LogP contribution is -2.57. The fourth-order valence-electron chi connectivity index (χ4n) is 10.1. The number of benzene rings is 3. The van der Waals surface area contributed by atoms with Gasteiger partial charge in [-0.05, 0) is 86.0 Å². The molecule has 5 N–H and O–H groups in total. The maximum atomic E-state index is 15.7. The van der Waals surface area contributed by atoms with Gasteiger partial charge in [-0.2, -0.15) is 4.98 Å². The monoisotopic (exact) mass is 1100 g/mol. The molecule has 0 aliphatic carbocycles. The third kappa shape index (κ3) is 14.1. The number of halogens is 2. The summed E-state index contributed by atoms with van der Waals surface area (Å²) >= 11 is 8.01. The molecule has 3 fully saturated rings. The minimum absolute atomic E-state index is 0.0175. The summed E-state index contributed by atoms with van der Waals surface area (Å²) < 4.78 is 41.4. The first-order valence-electron chi connectivity index (χ1n) is 25.9. The van der Waals surface area contributed by atoms with Gasteiger partial charge in [-0.1, -0.05) is 68.8 Å². The number of hydrogen-bond donors (Lipinski definition) is 5. The summed E-state index contributed by atoms with van der Waals surface area (Å²) in [5.41, 5.74) is 5.98. The predicted molar refractivity (Wildman–Crippen MR) is 298 cm³/mol. The fourth-order valence-corrected chi connectivity index (χ4v) is 11.6. The molecule has 0 bridgehead atoms. The zero-order chi connectivity index (χ0) is 54.3. The van der Waals surface area contributed by atoms with E-state index in [0.717, 1.165) is 97.3 Å². The van der Waals surface area contributed by atoms with Crippen molar-refractivity contribution in [1.29, 1.82) is 0 Å². The van der Waals surface area contributed by atoms with E-state index < -0.39 is 33.6 Å². The molecule has 3 amide bonds. The molecule has 8 rings (SSSR count). The predicted octanol–water partition coefficient (Wildman–Crippen LogP) is 7.15. The number of aliphatic hydroxyl groups excluding tert-OH is 1. The van der Waals surface area contributed by atoms with Crippen LogP contribution in [0.1, 0.15) is 70.6 Å². The number of aromatic nitrogens is 3. The summed E-state index contributed by atoms with van der Waals surface area (Å²) in [4.78, 5) is 63.7. The van der Waals surface area contributed by atoms with Crippen molar-refractivity contribution in [2.45, 2.75) is 97.0 Å². The Morgan fingerprint density at radius 2 is 1.68 bits per heavy atom. The van der Waals surface area contributed by atoms with Crippen LogP contribution in [0.25, 0.3) is 10.4 Å². The normalized spacial score (nSPS) is 18.3. The first kappa shape index (κ1) is 56.2. The lowest BCUT2D eigenvalue weighted by atomic mass is 9.85. The SMILES string of the molecule is Cc1ncsc1-c1ccc(CNC(=O)[C@H]2C[C@@H](O)CN2C(=O)C(NC(=O)CCCCN2CCN(C3CCN(c4ccc(Nc5ncc(Cl)c(Nc6ccccc6N(C)S(C)(=O)=O)n5)cc4F)CC3)CC2)C(C)(C)C)cc1. The van der Waals surface area contributed by atoms with Gasteiger partial charge >= 0.3 is 0 Å². The van der Waals surface area contributed by atoms with Crippen LogP contribution in [0, 0.1) is 18.2 Å². The van der Waals surface area contributed by atoms with E-state index in [4.69, 9.17) is 11.6 Å². The van der Waals surface area contributed by atoms with Gasteiger partial charge in [0, 0.05) is 84.0 Å². The molecule has 0 spiro atoms. The summed E-state index contributed by atoms with van der Waals surface area (Å²) in [6.45, 7) is 14.0. The van der Waals surface area contributed by atoms with E-state index in [-0.39, 0.29) is 66.3 Å². The highest BCUT2D eigenvalue weighted by atomic mass is 35.5. The maximum absolute atomic E-state index is 15.7. The van der Waals surface area contributed by atoms with Gasteiger partial charge in [-0.3, -0.25) is 23.6 Å². The Labute approximate surface area is 454 Å². The number of aliphatic hydroxyl groups is 1. The van der Waals surface area contributed by atoms with E-state index in [1.807, 2.05) is 57.5 Å². The molecule has 2 aromatic heterocycles. The number of likely N-dealkylation sites (tertiary alicyclic amines) is 1. The number of carbonyl (C=O) groups excluding carboxylic acids is 3. The van der Waals surface area contributed by atoms with Crippen LogP contribution in [0.5, 0.6) is 0 Å². The molecular formula is C54H70ClFN12O6S2. The molecular weight excluding hydrogens is 1030 g/mol. The average Bonchev–Trinajstić information content (AvgIpc) is 4.02. The molecule has 18 nitrogen and oxygen atoms in total. The van der Waals surface area contributed by atoms with E-state index >= 15 is 4.39 Å². The minimum Gasteiger partial charge on any atom is -0.391 e. The smallest absolute Gasteiger partial charge is 0.246 e. The Hall–Kier alpha value is -5.97. The number of thiazole rings is 1. The number of piperazine rings is 1. The number of rotatable bonds is 19. The van der Waals surface area contributed by atoms with Gasteiger partial charge in [0.25, 0.3) is 0 Å². The van der Waals surface area contributed by atoms with Crippen molar-refractivity contribution in [2.75, 3.05) is 85.5 Å². The number of amides is 3. The quantitative estimate of drug-likeness (QED) is 0.0521. The molecule has 5 aromatic rings. The summed E-state index contributed by atoms with van der Waals surface area (Å²) in [5.74, 6) is -0.879. The van der Waals surface area contributed by atoms with Gasteiger partial charge in [-0.25, -0.2) is 22.8 Å². The molecule has 1 unspecified atom stereocenters. The Morgan fingerprint density at radius 3 is 2.36 bits per heavy atom. The van der Waals surface area contributed by atoms with Crippen LogP contribution >= 0.6 is 22.9 Å². The van der Waals surface area contributed by atoms with E-state index in [1.165, 1.54) is 24.2 Å². The number of nitrogens with zero attached hydrogens (tertiary/aromatic N) is 8. The van der Waals surface area contributed by atoms with Crippen molar-refractivity contribution in [3.63, 3.8) is 0 Å². The molecule has 5 heterocycles. The highest BCUT2D eigenvalue weighted by Gasteiger charge is 2.44. The number of carbonyl (C=O) groups is 3. The molecule has 3 aliphatic heterocycles. The lowest BCUT2D eigenvalue weighted by Gasteiger charge is -2.43. The number of unbranched alkanes of at least 4 members (excludes halogenated alkanes) is 1. The Morgan fingerprint density at radius 1 is 0.961 bits per heavy atom. The summed E-state index contributed by atoms with van der Waals surface area (Å²) in [7, 11) is -2.07. The summed E-state index contributed by atoms with van der Waals surface area (Å²) in [6.07, 6.45) is 5.41. The second kappa shape index (κ2) is 24.6. The van der Waals surface area contributed by atoms with Crippen LogP contribution in [0.3, 0.4) is 0 Å². The van der Waals surface area contributed by atoms with Crippen LogP contribution in [0.2, 0.25) is 5.02 Å². The molecule has 3 saturated heterocycles. The van der Waals surface area contributed by atoms with Crippen molar-refractivity contribution in [3.8, 4) is 10.4 Å². The number of aryl methyl sites for hydroxylation is 1. The molecule has 76 heavy (non-hydrogen) atoms. The maximum Gasteiger partial charge on any atom is 0.246 e. The number of para-hydroxylation sites is 2. The topological polar surface area (TPSA) is 209 Å². The van der Waals surface area contributed by atoms with Gasteiger partial charge in [0.15, 0.2) is 5.82 Å². The molecule has 3 aliphatic rings. The summed E-state index contributed by atoms with van der Waals surface area (Å²) in [5, 5.41) is 23.0. The van der Waals surface area contributed by atoms with Crippen LogP contribution in [-0.2, 0) is 31.0 Å². The van der Waals surface area contributed by atoms with Crippen molar-refractivity contribution < 1.29 is 32.3 Å². The van der Waals surface area contributed by atoms with E-state index in [1.54, 1.807) is 47.7 Å². The lowest BCUT2D eigenvalue weighted by molar-refractivity contribution is -0.144. The second-order valence-electron chi connectivity index (χ2n) is 21.1. The van der Waals surface area contributed by atoms with Gasteiger partial charge in [0.05, 0.1) is 51.7 Å². The molecule has 3 aromatic carbocycles. The van der Waals surface area contributed by atoms with Gasteiger partial charge < -0.3 is 41.1 Å². The largest absolute Gasteiger partial charge is 0.391 e.